The van der Waals surface area contributed by atoms with Crippen molar-refractivity contribution in [2.75, 3.05) is 12.4 Å². The van der Waals surface area contributed by atoms with Crippen LogP contribution in [-0.4, -0.2) is 7.11 Å². The highest BCUT2D eigenvalue weighted by Crippen LogP contribution is 2.33. The molecule has 0 amide bonds. The molecule has 0 saturated carbocycles. The lowest BCUT2D eigenvalue weighted by Crippen LogP contribution is -1.94. The molecule has 1 aliphatic rings. The van der Waals surface area contributed by atoms with E-state index >= 15 is 0 Å². The van der Waals surface area contributed by atoms with Crippen LogP contribution in [-0.2, 0) is 0 Å². The summed E-state index contributed by atoms with van der Waals surface area (Å²) in [6, 6.07) is 11.8. The van der Waals surface area contributed by atoms with Gasteiger partial charge < -0.3 is 10.1 Å². The van der Waals surface area contributed by atoms with E-state index in [9.17, 15) is 0 Å². The van der Waals surface area contributed by atoms with Crippen LogP contribution < -0.4 is 10.1 Å². The first-order chi connectivity index (χ1) is 8.76. The molecule has 2 aromatic carbocycles. The van der Waals surface area contributed by atoms with E-state index in [0.717, 1.165) is 33.3 Å². The number of hydrogen-bond donors (Lipinski definition) is 1. The van der Waals surface area contributed by atoms with E-state index in [2.05, 4.69) is 17.5 Å². The summed E-state index contributed by atoms with van der Waals surface area (Å²) in [5, 5.41) is 4.12. The topological polar surface area (TPSA) is 21.3 Å². The number of ether oxygens (including phenoxy) is 1. The fraction of sp³-hybridized carbons (Fsp3) is 0.0667. The predicted molar refractivity (Wildman–Crippen MR) is 76.7 cm³/mol. The lowest BCUT2D eigenvalue weighted by molar-refractivity contribution is 0.415. The van der Waals surface area contributed by atoms with Crippen LogP contribution in [0.15, 0.2) is 36.4 Å². The first-order valence-electron chi connectivity index (χ1n) is 5.69. The van der Waals surface area contributed by atoms with Crippen LogP contribution in [0, 0.1) is 0 Å². The highest BCUT2D eigenvalue weighted by atomic mass is 35.5. The molecule has 1 heterocycles. The molecule has 2 aromatic rings. The molecule has 90 valence electrons. The molecule has 0 fully saturated rings. The van der Waals surface area contributed by atoms with Gasteiger partial charge in [0.15, 0.2) is 0 Å². The molecule has 3 rings (SSSR count). The van der Waals surface area contributed by atoms with Gasteiger partial charge in [-0.2, -0.15) is 0 Å². The second-order valence-electron chi connectivity index (χ2n) is 4.14. The minimum atomic E-state index is 0.728. The van der Waals surface area contributed by atoms with Crippen LogP contribution in [0.5, 0.6) is 5.75 Å². The van der Waals surface area contributed by atoms with Crippen LogP contribution in [0.4, 0.5) is 11.4 Å². The minimum absolute atomic E-state index is 0.728. The molecule has 0 unspecified atom stereocenters. The molecule has 18 heavy (non-hydrogen) atoms. The molecule has 0 bridgehead atoms. The Labute approximate surface area is 111 Å². The quantitative estimate of drug-likeness (QED) is 0.689. The van der Waals surface area contributed by atoms with Gasteiger partial charge in [0.05, 0.1) is 7.11 Å². The third kappa shape index (κ3) is 1.95. The maximum atomic E-state index is 6.02. The van der Waals surface area contributed by atoms with Gasteiger partial charge in [0.25, 0.3) is 0 Å². The van der Waals surface area contributed by atoms with Crippen molar-refractivity contribution in [1.29, 1.82) is 0 Å². The van der Waals surface area contributed by atoms with E-state index in [4.69, 9.17) is 16.3 Å². The highest BCUT2D eigenvalue weighted by molar-refractivity contribution is 6.31. The van der Waals surface area contributed by atoms with Crippen molar-refractivity contribution in [3.8, 4) is 5.75 Å². The zero-order valence-electron chi connectivity index (χ0n) is 9.91. The largest absolute Gasteiger partial charge is 0.497 e. The molecule has 0 aromatic heterocycles. The monoisotopic (exact) mass is 257 g/mol. The lowest BCUT2D eigenvalue weighted by Gasteiger charge is -2.11. The van der Waals surface area contributed by atoms with E-state index in [0.29, 0.717) is 0 Å². The third-order valence-electron chi connectivity index (χ3n) is 2.99. The Morgan fingerprint density at radius 1 is 0.944 bits per heavy atom. The Morgan fingerprint density at radius 3 is 2.61 bits per heavy atom. The molecule has 1 N–H and O–H groups in total. The Kier molecular flexibility index (Phi) is 2.73. The molecular weight excluding hydrogens is 246 g/mol. The molecular formula is C15H12ClNO. The minimum Gasteiger partial charge on any atom is -0.497 e. The maximum absolute atomic E-state index is 6.02. The summed E-state index contributed by atoms with van der Waals surface area (Å²) in [6.45, 7) is 0. The Bertz CT molecular complexity index is 634. The second kappa shape index (κ2) is 4.39. The number of halogens is 1. The zero-order valence-corrected chi connectivity index (χ0v) is 10.7. The van der Waals surface area contributed by atoms with Crippen LogP contribution in [0.1, 0.15) is 11.1 Å². The summed E-state index contributed by atoms with van der Waals surface area (Å²) < 4.78 is 5.23. The first kappa shape index (κ1) is 11.2. The average molecular weight is 258 g/mol. The SMILES string of the molecule is COc1ccc2c(c1)C=Cc1ccc(Cl)cc1N2. The number of methoxy groups -OCH3 is 1. The average Bonchev–Trinajstić information content (AvgIpc) is 2.56. The van der Waals surface area contributed by atoms with E-state index in [1.807, 2.05) is 36.4 Å². The summed E-state index contributed by atoms with van der Waals surface area (Å²) in [4.78, 5) is 0. The number of anilines is 2. The van der Waals surface area contributed by atoms with Crippen LogP contribution in [0.3, 0.4) is 0 Å². The fourth-order valence-corrected chi connectivity index (χ4v) is 2.20. The van der Waals surface area contributed by atoms with E-state index in [1.165, 1.54) is 0 Å². The first-order valence-corrected chi connectivity index (χ1v) is 6.07. The normalized spacial score (nSPS) is 12.1. The van der Waals surface area contributed by atoms with Gasteiger partial charge >= 0.3 is 0 Å². The van der Waals surface area contributed by atoms with Gasteiger partial charge in [-0.05, 0) is 35.9 Å². The molecule has 0 saturated heterocycles. The molecule has 0 atom stereocenters. The lowest BCUT2D eigenvalue weighted by atomic mass is 10.1. The summed E-state index contributed by atoms with van der Waals surface area (Å²) in [5.41, 5.74) is 4.28. The van der Waals surface area contributed by atoms with Gasteiger partial charge in [0.2, 0.25) is 0 Å². The smallest absolute Gasteiger partial charge is 0.119 e. The predicted octanol–water partition coefficient (Wildman–Crippen LogP) is 4.58. The van der Waals surface area contributed by atoms with Gasteiger partial charge in [0.1, 0.15) is 5.75 Å². The molecule has 0 spiro atoms. The maximum Gasteiger partial charge on any atom is 0.119 e. The Balaban J connectivity index is 2.11. The fourth-order valence-electron chi connectivity index (χ4n) is 2.03. The molecule has 3 heteroatoms. The number of fused-ring (bicyclic) bond motifs is 2. The van der Waals surface area contributed by atoms with Crippen molar-refractivity contribution in [2.45, 2.75) is 0 Å². The molecule has 2 nitrogen and oxygen atoms in total. The molecule has 0 aliphatic carbocycles. The highest BCUT2D eigenvalue weighted by Gasteiger charge is 2.09. The Morgan fingerprint density at radius 2 is 1.78 bits per heavy atom. The third-order valence-corrected chi connectivity index (χ3v) is 3.22. The van der Waals surface area contributed by atoms with Crippen molar-refractivity contribution >= 4 is 35.1 Å². The van der Waals surface area contributed by atoms with Gasteiger partial charge in [0, 0.05) is 22.0 Å². The number of hydrogen-bond acceptors (Lipinski definition) is 2. The molecule has 1 aliphatic heterocycles. The van der Waals surface area contributed by atoms with Crippen molar-refractivity contribution in [2.24, 2.45) is 0 Å². The van der Waals surface area contributed by atoms with E-state index in [-0.39, 0.29) is 0 Å². The second-order valence-corrected chi connectivity index (χ2v) is 4.58. The van der Waals surface area contributed by atoms with Gasteiger partial charge in [-0.25, -0.2) is 0 Å². The van der Waals surface area contributed by atoms with Crippen molar-refractivity contribution in [1.82, 2.24) is 0 Å². The van der Waals surface area contributed by atoms with Gasteiger partial charge in [-0.3, -0.25) is 0 Å². The van der Waals surface area contributed by atoms with Gasteiger partial charge in [-0.15, -0.1) is 0 Å². The zero-order chi connectivity index (χ0) is 12.5. The summed E-state index contributed by atoms with van der Waals surface area (Å²) >= 11 is 6.02. The van der Waals surface area contributed by atoms with Crippen LogP contribution >= 0.6 is 11.6 Å². The number of rotatable bonds is 1. The van der Waals surface area contributed by atoms with Gasteiger partial charge in [-0.1, -0.05) is 29.8 Å². The summed E-state index contributed by atoms with van der Waals surface area (Å²) in [6.07, 6.45) is 4.15. The van der Waals surface area contributed by atoms with E-state index < -0.39 is 0 Å². The van der Waals surface area contributed by atoms with E-state index in [1.54, 1.807) is 7.11 Å². The summed E-state index contributed by atoms with van der Waals surface area (Å²) in [7, 11) is 1.67. The number of nitrogens with one attached hydrogen (secondary N) is 1. The summed E-state index contributed by atoms with van der Waals surface area (Å²) in [5.74, 6) is 0.851. The van der Waals surface area contributed by atoms with Crippen molar-refractivity contribution in [3.63, 3.8) is 0 Å². The van der Waals surface area contributed by atoms with Crippen LogP contribution in [0.2, 0.25) is 5.02 Å². The molecule has 0 radical (unpaired) electrons. The van der Waals surface area contributed by atoms with Crippen molar-refractivity contribution < 1.29 is 4.74 Å². The van der Waals surface area contributed by atoms with Crippen LogP contribution in [0.25, 0.3) is 12.2 Å². The van der Waals surface area contributed by atoms with Crippen molar-refractivity contribution in [3.05, 3.63) is 52.5 Å². The standard InChI is InChI=1S/C15H12ClNO/c1-18-13-6-7-14-11(8-13)3-2-10-4-5-12(16)9-15(10)17-14/h2-9,17H,1H3. The Hall–Kier alpha value is -1.93. The number of benzene rings is 2.